The van der Waals surface area contributed by atoms with Crippen LogP contribution in [-0.4, -0.2) is 37.8 Å². The maximum absolute atomic E-state index is 13.4. The van der Waals surface area contributed by atoms with Crippen LogP contribution in [0.15, 0.2) is 48.7 Å². The second kappa shape index (κ2) is 6.39. The van der Waals surface area contributed by atoms with Gasteiger partial charge >= 0.3 is 0 Å². The molecule has 1 fully saturated rings. The molecule has 9 heteroatoms. The zero-order valence-corrected chi connectivity index (χ0v) is 15.0. The summed E-state index contributed by atoms with van der Waals surface area (Å²) in [5.74, 6) is -0.163. The topological polar surface area (TPSA) is 89.4 Å². The number of hydrogen-bond acceptors (Lipinski definition) is 6. The molecule has 0 bridgehead atoms. The third-order valence-electron chi connectivity index (χ3n) is 4.55. The van der Waals surface area contributed by atoms with E-state index in [2.05, 4.69) is 25.5 Å². The molecule has 4 aromatic rings. The molecule has 0 unspecified atom stereocenters. The van der Waals surface area contributed by atoms with Gasteiger partial charge in [0.25, 0.3) is 5.79 Å². The summed E-state index contributed by atoms with van der Waals surface area (Å²) < 4.78 is 27.2. The Hall–Kier alpha value is -3.30. The van der Waals surface area contributed by atoms with E-state index in [-0.39, 0.29) is 5.82 Å². The van der Waals surface area contributed by atoms with Gasteiger partial charge in [0.05, 0.1) is 13.2 Å². The van der Waals surface area contributed by atoms with Crippen molar-refractivity contribution >= 4 is 17.4 Å². The molecule has 3 aromatic heterocycles. The quantitative estimate of drug-likeness (QED) is 0.566. The first-order chi connectivity index (χ1) is 13.6. The van der Waals surface area contributed by atoms with Gasteiger partial charge in [0.15, 0.2) is 11.6 Å². The van der Waals surface area contributed by atoms with Crippen LogP contribution in [0.5, 0.6) is 0 Å². The Bertz CT molecular complexity index is 1130. The van der Waals surface area contributed by atoms with E-state index in [0.717, 1.165) is 5.69 Å². The Morgan fingerprint density at radius 1 is 1.14 bits per heavy atom. The maximum atomic E-state index is 13.4. The number of hydrogen-bond donors (Lipinski definition) is 2. The van der Waals surface area contributed by atoms with Crippen LogP contribution in [0.1, 0.15) is 17.1 Å². The third kappa shape index (κ3) is 2.72. The van der Waals surface area contributed by atoms with Crippen LogP contribution in [-0.2, 0) is 15.3 Å². The molecule has 8 nitrogen and oxygen atoms in total. The lowest BCUT2D eigenvalue weighted by Crippen LogP contribution is -2.32. The number of benzene rings is 1. The molecule has 0 amide bonds. The van der Waals surface area contributed by atoms with Gasteiger partial charge < -0.3 is 14.8 Å². The number of fused-ring (bicyclic) bond motifs is 1. The van der Waals surface area contributed by atoms with Gasteiger partial charge in [-0.15, -0.1) is 0 Å². The summed E-state index contributed by atoms with van der Waals surface area (Å²) in [7, 11) is 0. The molecule has 4 heterocycles. The van der Waals surface area contributed by atoms with Gasteiger partial charge in [-0.2, -0.15) is 10.1 Å². The van der Waals surface area contributed by atoms with Gasteiger partial charge in [0.2, 0.25) is 5.95 Å². The average molecular weight is 380 g/mol. The monoisotopic (exact) mass is 380 g/mol. The fourth-order valence-electron chi connectivity index (χ4n) is 3.27. The summed E-state index contributed by atoms with van der Waals surface area (Å²) in [6, 6.07) is 11.6. The van der Waals surface area contributed by atoms with E-state index in [4.69, 9.17) is 9.47 Å². The summed E-state index contributed by atoms with van der Waals surface area (Å²) in [4.78, 5) is 9.31. The zero-order chi connectivity index (χ0) is 19.1. The Morgan fingerprint density at radius 2 is 1.93 bits per heavy atom. The van der Waals surface area contributed by atoms with Gasteiger partial charge in [-0.05, 0) is 31.2 Å². The molecule has 0 radical (unpaired) electrons. The van der Waals surface area contributed by atoms with E-state index >= 15 is 0 Å². The predicted molar refractivity (Wildman–Crippen MR) is 98.7 cm³/mol. The van der Waals surface area contributed by atoms with Crippen molar-refractivity contribution in [2.24, 2.45) is 0 Å². The fourth-order valence-corrected chi connectivity index (χ4v) is 3.27. The minimum atomic E-state index is -1.29. The maximum Gasteiger partial charge on any atom is 0.258 e. The molecule has 1 saturated heterocycles. The lowest BCUT2D eigenvalue weighted by Gasteiger charge is -2.26. The van der Waals surface area contributed by atoms with E-state index < -0.39 is 5.79 Å². The number of nitrogens with one attached hydrogen (secondary N) is 2. The molecule has 0 aliphatic carbocycles. The normalized spacial score (nSPS) is 15.9. The molecule has 2 N–H and O–H groups in total. The van der Waals surface area contributed by atoms with Crippen LogP contribution in [0.3, 0.4) is 0 Å². The molecule has 0 saturated carbocycles. The van der Waals surface area contributed by atoms with Crippen LogP contribution in [0.25, 0.3) is 5.65 Å². The van der Waals surface area contributed by atoms with Crippen molar-refractivity contribution in [1.82, 2.24) is 24.6 Å². The number of ether oxygens (including phenoxy) is 2. The molecule has 1 aromatic carbocycles. The van der Waals surface area contributed by atoms with E-state index in [1.807, 2.05) is 31.3 Å². The van der Waals surface area contributed by atoms with Gasteiger partial charge in [-0.25, -0.2) is 9.37 Å². The zero-order valence-electron chi connectivity index (χ0n) is 15.0. The van der Waals surface area contributed by atoms with Crippen LogP contribution in [0.2, 0.25) is 0 Å². The minimum absolute atomic E-state index is 0.331. The average Bonchev–Trinajstić information content (AvgIpc) is 3.43. The highest BCUT2D eigenvalue weighted by Crippen LogP contribution is 2.37. The van der Waals surface area contributed by atoms with Crippen molar-refractivity contribution in [3.05, 3.63) is 71.6 Å². The minimum Gasteiger partial charge on any atom is -0.337 e. The van der Waals surface area contributed by atoms with Gasteiger partial charge in [-0.1, -0.05) is 12.1 Å². The Balaban J connectivity index is 1.65. The van der Waals surface area contributed by atoms with Gasteiger partial charge in [-0.3, -0.25) is 9.50 Å². The van der Waals surface area contributed by atoms with Crippen LogP contribution in [0.4, 0.5) is 16.2 Å². The number of H-pyrrole nitrogens is 1. The first-order valence-electron chi connectivity index (χ1n) is 8.83. The molecule has 142 valence electrons. The van der Waals surface area contributed by atoms with Gasteiger partial charge in [0.1, 0.15) is 11.5 Å². The van der Waals surface area contributed by atoms with Crippen LogP contribution in [0, 0.1) is 12.7 Å². The van der Waals surface area contributed by atoms with Crippen LogP contribution < -0.4 is 5.32 Å². The van der Waals surface area contributed by atoms with Crippen molar-refractivity contribution in [3.8, 4) is 0 Å². The Morgan fingerprint density at radius 3 is 2.64 bits per heavy atom. The Labute approximate surface area is 159 Å². The molecular weight excluding hydrogens is 363 g/mol. The summed E-state index contributed by atoms with van der Waals surface area (Å²) in [6.07, 6.45) is 1.85. The van der Waals surface area contributed by atoms with E-state index in [1.54, 1.807) is 16.5 Å². The SMILES string of the molecule is Cc1cc(Nc2nc(C3(c4ccc(F)cc4)OCCO3)nc3cccn23)n[nH]1. The van der Waals surface area contributed by atoms with E-state index in [0.29, 0.717) is 42.0 Å². The Kier molecular flexibility index (Phi) is 3.85. The summed E-state index contributed by atoms with van der Waals surface area (Å²) in [6.45, 7) is 2.68. The number of anilines is 2. The number of aromatic amines is 1. The van der Waals surface area contributed by atoms with Crippen molar-refractivity contribution in [3.63, 3.8) is 0 Å². The van der Waals surface area contributed by atoms with Crippen LogP contribution >= 0.6 is 0 Å². The highest BCUT2D eigenvalue weighted by Gasteiger charge is 2.44. The summed E-state index contributed by atoms with van der Waals surface area (Å²) in [5, 5.41) is 10.3. The van der Waals surface area contributed by atoms with E-state index in [9.17, 15) is 4.39 Å². The molecule has 5 rings (SSSR count). The fraction of sp³-hybridized carbons (Fsp3) is 0.211. The summed E-state index contributed by atoms with van der Waals surface area (Å²) >= 11 is 0. The van der Waals surface area contributed by atoms with Crippen molar-refractivity contribution in [1.29, 1.82) is 0 Å². The second-order valence-corrected chi connectivity index (χ2v) is 6.49. The van der Waals surface area contributed by atoms with Crippen molar-refractivity contribution in [2.45, 2.75) is 12.7 Å². The molecular formula is C19H17FN6O2. The first kappa shape index (κ1) is 16.8. The van der Waals surface area contributed by atoms with Gasteiger partial charge in [0, 0.05) is 23.5 Å². The number of aryl methyl sites for hydroxylation is 1. The molecule has 1 aliphatic heterocycles. The number of aromatic nitrogens is 5. The first-order valence-corrected chi connectivity index (χ1v) is 8.83. The summed E-state index contributed by atoms with van der Waals surface area (Å²) in [5.41, 5.74) is 2.22. The van der Waals surface area contributed by atoms with Crippen molar-refractivity contribution in [2.75, 3.05) is 18.5 Å². The molecule has 0 spiro atoms. The molecule has 0 atom stereocenters. The molecule has 28 heavy (non-hydrogen) atoms. The molecule has 1 aliphatic rings. The highest BCUT2D eigenvalue weighted by molar-refractivity contribution is 5.54. The predicted octanol–water partition coefficient (Wildman–Crippen LogP) is 2.89. The lowest BCUT2D eigenvalue weighted by atomic mass is 10.0. The standard InChI is InChI=1S/C19H17FN6O2/c1-12-11-15(25-24-12)21-18-23-17(22-16-3-2-8-26(16)18)19(27-9-10-28-19)13-4-6-14(20)7-5-13/h2-8,11H,9-10H2,1H3,(H2,21,22,23,24,25). The smallest absolute Gasteiger partial charge is 0.258 e. The number of rotatable bonds is 4. The lowest BCUT2D eigenvalue weighted by molar-refractivity contribution is -0.136. The third-order valence-corrected chi connectivity index (χ3v) is 4.55. The largest absolute Gasteiger partial charge is 0.337 e. The van der Waals surface area contributed by atoms with Crippen molar-refractivity contribution < 1.29 is 13.9 Å². The highest BCUT2D eigenvalue weighted by atomic mass is 19.1. The number of halogens is 1. The van der Waals surface area contributed by atoms with E-state index in [1.165, 1.54) is 12.1 Å². The second-order valence-electron chi connectivity index (χ2n) is 6.49. The number of nitrogens with zero attached hydrogens (tertiary/aromatic N) is 4.